The number of thiazole rings is 2. The van der Waals surface area contributed by atoms with Crippen molar-refractivity contribution >= 4 is 32.9 Å². The van der Waals surface area contributed by atoms with Crippen LogP contribution in [0, 0.1) is 13.8 Å². The van der Waals surface area contributed by atoms with Crippen molar-refractivity contribution in [2.75, 3.05) is 7.05 Å². The molecule has 0 aliphatic heterocycles. The Morgan fingerprint density at radius 2 is 1.95 bits per heavy atom. The number of benzene rings is 1. The van der Waals surface area contributed by atoms with Gasteiger partial charge in [0.25, 0.3) is 0 Å². The van der Waals surface area contributed by atoms with E-state index in [1.807, 2.05) is 13.1 Å². The highest BCUT2D eigenvalue weighted by Gasteiger charge is 2.18. The molecule has 3 aromatic rings. The largest absolute Gasteiger partial charge is 0.312 e. The van der Waals surface area contributed by atoms with Gasteiger partial charge in [0.2, 0.25) is 0 Å². The zero-order valence-corrected chi connectivity index (χ0v) is 13.4. The summed E-state index contributed by atoms with van der Waals surface area (Å²) in [6.07, 6.45) is 0.915. The van der Waals surface area contributed by atoms with Gasteiger partial charge < -0.3 is 5.32 Å². The monoisotopic (exact) mass is 303 g/mol. The SMILES string of the molecule is CNC(Cc1nc2ccccc2s1)c1sc(C)nc1C. The average Bonchev–Trinajstić information content (AvgIpc) is 2.98. The maximum absolute atomic E-state index is 4.73. The van der Waals surface area contributed by atoms with Gasteiger partial charge in [-0.05, 0) is 33.0 Å². The summed E-state index contributed by atoms with van der Waals surface area (Å²) >= 11 is 3.56. The summed E-state index contributed by atoms with van der Waals surface area (Å²) in [4.78, 5) is 10.6. The van der Waals surface area contributed by atoms with E-state index >= 15 is 0 Å². The van der Waals surface area contributed by atoms with E-state index in [-0.39, 0.29) is 0 Å². The second-order valence-corrected chi connectivity index (χ2v) is 7.15. The van der Waals surface area contributed by atoms with Crippen LogP contribution < -0.4 is 5.32 Å². The molecule has 0 spiro atoms. The minimum Gasteiger partial charge on any atom is -0.312 e. The van der Waals surface area contributed by atoms with Crippen LogP contribution in [0.4, 0.5) is 0 Å². The lowest BCUT2D eigenvalue weighted by molar-refractivity contribution is 0.596. The summed E-state index contributed by atoms with van der Waals surface area (Å²) in [5.41, 5.74) is 2.23. The van der Waals surface area contributed by atoms with Crippen molar-refractivity contribution in [2.45, 2.75) is 26.3 Å². The lowest BCUT2D eigenvalue weighted by Crippen LogP contribution is -2.18. The maximum atomic E-state index is 4.73. The zero-order chi connectivity index (χ0) is 14.1. The van der Waals surface area contributed by atoms with Gasteiger partial charge >= 0.3 is 0 Å². The highest BCUT2D eigenvalue weighted by atomic mass is 32.1. The van der Waals surface area contributed by atoms with Crippen LogP contribution in [0.3, 0.4) is 0 Å². The Morgan fingerprint density at radius 3 is 2.60 bits per heavy atom. The van der Waals surface area contributed by atoms with E-state index in [0.717, 1.165) is 22.6 Å². The quantitative estimate of drug-likeness (QED) is 0.795. The first kappa shape index (κ1) is 13.7. The number of fused-ring (bicyclic) bond motifs is 1. The first-order chi connectivity index (χ1) is 9.67. The minimum absolute atomic E-state index is 0.293. The highest BCUT2D eigenvalue weighted by molar-refractivity contribution is 7.18. The van der Waals surface area contributed by atoms with Crippen LogP contribution in [0.15, 0.2) is 24.3 Å². The number of para-hydroxylation sites is 1. The molecule has 0 aliphatic rings. The Labute approximate surface area is 126 Å². The lowest BCUT2D eigenvalue weighted by Gasteiger charge is -2.13. The molecule has 0 bridgehead atoms. The summed E-state index contributed by atoms with van der Waals surface area (Å²) in [6.45, 7) is 4.15. The van der Waals surface area contributed by atoms with E-state index < -0.39 is 0 Å². The molecule has 5 heteroatoms. The first-order valence-electron chi connectivity index (χ1n) is 6.63. The Morgan fingerprint density at radius 1 is 1.15 bits per heavy atom. The van der Waals surface area contributed by atoms with Crippen LogP contribution in [0.1, 0.15) is 26.6 Å². The second kappa shape index (κ2) is 5.60. The first-order valence-corrected chi connectivity index (χ1v) is 8.26. The molecule has 0 saturated heterocycles. The Balaban J connectivity index is 1.89. The van der Waals surface area contributed by atoms with Crippen molar-refractivity contribution in [1.82, 2.24) is 15.3 Å². The van der Waals surface area contributed by atoms with Gasteiger partial charge in [0.1, 0.15) is 0 Å². The number of aromatic nitrogens is 2. The fraction of sp³-hybridized carbons (Fsp3) is 0.333. The highest BCUT2D eigenvalue weighted by Crippen LogP contribution is 2.30. The van der Waals surface area contributed by atoms with E-state index in [9.17, 15) is 0 Å². The lowest BCUT2D eigenvalue weighted by atomic mass is 10.1. The molecule has 1 aromatic carbocycles. The number of nitrogens with one attached hydrogen (secondary N) is 1. The van der Waals surface area contributed by atoms with E-state index in [1.54, 1.807) is 22.7 Å². The van der Waals surface area contributed by atoms with Gasteiger partial charge in [0, 0.05) is 17.3 Å². The summed E-state index contributed by atoms with van der Waals surface area (Å²) in [6, 6.07) is 8.61. The predicted molar refractivity (Wildman–Crippen MR) is 86.7 cm³/mol. The molecule has 0 amide bonds. The van der Waals surface area contributed by atoms with Crippen LogP contribution in [-0.2, 0) is 6.42 Å². The summed E-state index contributed by atoms with van der Waals surface area (Å²) in [5.74, 6) is 0. The molecule has 104 valence electrons. The van der Waals surface area contributed by atoms with Crippen molar-refractivity contribution < 1.29 is 0 Å². The molecule has 20 heavy (non-hydrogen) atoms. The van der Waals surface area contributed by atoms with E-state index in [0.29, 0.717) is 6.04 Å². The normalized spacial score (nSPS) is 12.9. The number of aryl methyl sites for hydroxylation is 2. The topological polar surface area (TPSA) is 37.8 Å². The molecule has 0 radical (unpaired) electrons. The van der Waals surface area contributed by atoms with Crippen LogP contribution in [0.5, 0.6) is 0 Å². The summed E-state index contributed by atoms with van der Waals surface area (Å²) < 4.78 is 1.26. The van der Waals surface area contributed by atoms with E-state index in [4.69, 9.17) is 4.98 Å². The predicted octanol–water partition coefficient (Wildman–Crippen LogP) is 3.87. The smallest absolute Gasteiger partial charge is 0.0957 e. The third kappa shape index (κ3) is 2.61. The van der Waals surface area contributed by atoms with Crippen LogP contribution in [0.2, 0.25) is 0 Å². The average molecular weight is 303 g/mol. The molecule has 2 heterocycles. The van der Waals surface area contributed by atoms with Crippen LogP contribution >= 0.6 is 22.7 Å². The molecular weight excluding hydrogens is 286 g/mol. The molecule has 2 aromatic heterocycles. The fourth-order valence-corrected chi connectivity index (χ4v) is 4.43. The number of hydrogen-bond acceptors (Lipinski definition) is 5. The van der Waals surface area contributed by atoms with Gasteiger partial charge in [-0.1, -0.05) is 12.1 Å². The van der Waals surface area contributed by atoms with Gasteiger partial charge in [-0.15, -0.1) is 22.7 Å². The Kier molecular flexibility index (Phi) is 3.83. The third-order valence-electron chi connectivity index (χ3n) is 3.32. The minimum atomic E-state index is 0.293. The Hall–Kier alpha value is -1.30. The van der Waals surface area contributed by atoms with Gasteiger partial charge in [-0.3, -0.25) is 0 Å². The third-order valence-corrected chi connectivity index (χ3v) is 5.57. The number of rotatable bonds is 4. The van der Waals surface area contributed by atoms with Gasteiger partial charge in [0.15, 0.2) is 0 Å². The van der Waals surface area contributed by atoms with Crippen LogP contribution in [-0.4, -0.2) is 17.0 Å². The van der Waals surface area contributed by atoms with Gasteiger partial charge in [-0.25, -0.2) is 9.97 Å². The molecule has 1 N–H and O–H groups in total. The standard InChI is InChI=1S/C15H17N3S2/c1-9-15(19-10(2)17-9)12(16-3)8-14-18-11-6-4-5-7-13(11)20-14/h4-7,12,16H,8H2,1-3H3. The van der Waals surface area contributed by atoms with Gasteiger partial charge in [-0.2, -0.15) is 0 Å². The molecule has 0 aliphatic carbocycles. The van der Waals surface area contributed by atoms with E-state index in [1.165, 1.54) is 14.6 Å². The molecule has 3 rings (SSSR count). The van der Waals surface area contributed by atoms with Crippen molar-refractivity contribution in [3.8, 4) is 0 Å². The number of hydrogen-bond donors (Lipinski definition) is 1. The van der Waals surface area contributed by atoms with E-state index in [2.05, 4.69) is 42.3 Å². The van der Waals surface area contributed by atoms with Crippen molar-refractivity contribution in [2.24, 2.45) is 0 Å². The summed E-state index contributed by atoms with van der Waals surface area (Å²) in [7, 11) is 2.01. The molecular formula is C15H17N3S2. The molecule has 3 nitrogen and oxygen atoms in total. The maximum Gasteiger partial charge on any atom is 0.0957 e. The van der Waals surface area contributed by atoms with Crippen molar-refractivity contribution in [3.63, 3.8) is 0 Å². The molecule has 1 unspecified atom stereocenters. The van der Waals surface area contributed by atoms with Crippen molar-refractivity contribution in [1.29, 1.82) is 0 Å². The van der Waals surface area contributed by atoms with Crippen molar-refractivity contribution in [3.05, 3.63) is 44.9 Å². The Bertz CT molecular complexity index is 697. The number of nitrogens with zero attached hydrogens (tertiary/aromatic N) is 2. The van der Waals surface area contributed by atoms with Crippen LogP contribution in [0.25, 0.3) is 10.2 Å². The number of likely N-dealkylation sites (N-methyl/N-ethyl adjacent to an activating group) is 1. The molecule has 1 atom stereocenters. The van der Waals surface area contributed by atoms with Gasteiger partial charge in [0.05, 0.1) is 25.9 Å². The fourth-order valence-electron chi connectivity index (χ4n) is 2.38. The summed E-state index contributed by atoms with van der Waals surface area (Å²) in [5, 5.41) is 5.71. The zero-order valence-electron chi connectivity index (χ0n) is 11.8. The molecule has 0 saturated carbocycles. The molecule has 0 fully saturated rings. The second-order valence-electron chi connectivity index (χ2n) is 4.80.